The zero-order valence-electron chi connectivity index (χ0n) is 13.5. The van der Waals surface area contributed by atoms with Crippen molar-refractivity contribution in [1.29, 1.82) is 0 Å². The number of hydrogen-bond donors (Lipinski definition) is 2. The molecule has 134 valence electrons. The van der Waals surface area contributed by atoms with Crippen molar-refractivity contribution >= 4 is 39.8 Å². The molecule has 0 spiro atoms. The minimum Gasteiger partial charge on any atom is -0.467 e. The third-order valence-electron chi connectivity index (χ3n) is 3.61. The van der Waals surface area contributed by atoms with Crippen LogP contribution in [0.3, 0.4) is 0 Å². The Morgan fingerprint density at radius 2 is 1.77 bits per heavy atom. The van der Waals surface area contributed by atoms with Crippen LogP contribution in [0.25, 0.3) is 0 Å². The van der Waals surface area contributed by atoms with Crippen LogP contribution < -0.4 is 9.62 Å². The summed E-state index contributed by atoms with van der Waals surface area (Å²) in [5.41, 5.74) is 0.868. The third-order valence-corrected chi connectivity index (χ3v) is 4.64. The molecule has 3 aromatic rings. The van der Waals surface area contributed by atoms with Crippen LogP contribution in [0.2, 0.25) is 5.02 Å². The number of nitrogens with zero attached hydrogens (tertiary/aromatic N) is 1. The predicted octanol–water partition coefficient (Wildman–Crippen LogP) is 3.53. The topological polar surface area (TPSA) is 79.6 Å². The Morgan fingerprint density at radius 1 is 1.04 bits per heavy atom. The molecule has 0 unspecified atom stereocenters. The summed E-state index contributed by atoms with van der Waals surface area (Å²) in [5.74, 6) is 0.188. The maximum absolute atomic E-state index is 12.6. The molecule has 0 aliphatic rings. The summed E-state index contributed by atoms with van der Waals surface area (Å²) in [6, 6.07) is 16.3. The number of hydrogen-bond acceptors (Lipinski definition) is 4. The molecule has 26 heavy (non-hydrogen) atoms. The Balaban J connectivity index is 1.93. The van der Waals surface area contributed by atoms with Gasteiger partial charge in [0, 0.05) is 5.02 Å². The molecule has 6 nitrogen and oxygen atoms in total. The van der Waals surface area contributed by atoms with Crippen molar-refractivity contribution in [2.24, 2.45) is 0 Å². The standard InChI is InChI=1S/C18H15ClN2O4S/c19-13-7-9-14(10-8-13)21(26(23)24)17-6-2-1-5-16(17)18(22)20-12-15-4-3-11-25-15/h1-11,26H,12H2,(H,20,22). The van der Waals surface area contributed by atoms with E-state index < -0.39 is 16.8 Å². The summed E-state index contributed by atoms with van der Waals surface area (Å²) in [4.78, 5) is 12.6. The maximum atomic E-state index is 12.6. The van der Waals surface area contributed by atoms with Crippen molar-refractivity contribution in [3.05, 3.63) is 83.3 Å². The van der Waals surface area contributed by atoms with E-state index in [1.807, 2.05) is 0 Å². The molecular formula is C18H15ClN2O4S. The van der Waals surface area contributed by atoms with Crippen molar-refractivity contribution < 1.29 is 17.6 Å². The molecule has 0 saturated heterocycles. The van der Waals surface area contributed by atoms with Crippen LogP contribution in [0.4, 0.5) is 11.4 Å². The number of thiol groups is 1. The number of carbonyl (C=O) groups excluding carboxylic acids is 1. The van der Waals surface area contributed by atoms with Crippen LogP contribution >= 0.6 is 11.6 Å². The number of rotatable bonds is 6. The van der Waals surface area contributed by atoms with Crippen LogP contribution in [0.15, 0.2) is 71.3 Å². The van der Waals surface area contributed by atoms with Crippen molar-refractivity contribution in [2.75, 3.05) is 4.31 Å². The summed E-state index contributed by atoms with van der Waals surface area (Å²) in [6.45, 7) is 0.199. The summed E-state index contributed by atoms with van der Waals surface area (Å²) < 4.78 is 30.0. The van der Waals surface area contributed by atoms with Crippen molar-refractivity contribution in [2.45, 2.75) is 6.54 Å². The van der Waals surface area contributed by atoms with Crippen LogP contribution in [0.5, 0.6) is 0 Å². The van der Waals surface area contributed by atoms with E-state index in [0.717, 1.165) is 4.31 Å². The highest BCUT2D eigenvalue weighted by Gasteiger charge is 2.19. The Kier molecular flexibility index (Phi) is 5.60. The van der Waals surface area contributed by atoms with E-state index in [9.17, 15) is 13.2 Å². The minimum absolute atomic E-state index is 0.199. The van der Waals surface area contributed by atoms with Crippen molar-refractivity contribution in [3.63, 3.8) is 0 Å². The number of furan rings is 1. The van der Waals surface area contributed by atoms with Gasteiger partial charge < -0.3 is 9.73 Å². The number of carbonyl (C=O) groups is 1. The quantitative estimate of drug-likeness (QED) is 0.631. The molecule has 2 aromatic carbocycles. The lowest BCUT2D eigenvalue weighted by atomic mass is 10.1. The van der Waals surface area contributed by atoms with E-state index >= 15 is 0 Å². The van der Waals surface area contributed by atoms with Gasteiger partial charge in [-0.25, -0.2) is 12.7 Å². The largest absolute Gasteiger partial charge is 0.467 e. The molecule has 0 bridgehead atoms. The molecule has 0 radical (unpaired) electrons. The average molecular weight is 391 g/mol. The number of amides is 1. The van der Waals surface area contributed by atoms with E-state index in [1.165, 1.54) is 6.26 Å². The van der Waals surface area contributed by atoms with Crippen LogP contribution in [0.1, 0.15) is 16.1 Å². The van der Waals surface area contributed by atoms with Gasteiger partial charge in [0.2, 0.25) is 10.9 Å². The summed E-state index contributed by atoms with van der Waals surface area (Å²) in [7, 11) is -3.02. The molecule has 1 N–H and O–H groups in total. The first kappa shape index (κ1) is 18.0. The fourth-order valence-corrected chi connectivity index (χ4v) is 3.23. The van der Waals surface area contributed by atoms with Crippen LogP contribution in [-0.2, 0) is 17.4 Å². The van der Waals surface area contributed by atoms with Crippen LogP contribution in [0, 0.1) is 0 Å². The molecular weight excluding hydrogens is 376 g/mol. The Morgan fingerprint density at radius 3 is 2.42 bits per heavy atom. The van der Waals surface area contributed by atoms with Gasteiger partial charge in [-0.1, -0.05) is 23.7 Å². The highest BCUT2D eigenvalue weighted by molar-refractivity contribution is 7.74. The molecule has 1 amide bonds. The third kappa shape index (κ3) is 4.07. The lowest BCUT2D eigenvalue weighted by molar-refractivity contribution is 0.0949. The van der Waals surface area contributed by atoms with E-state index in [-0.39, 0.29) is 17.8 Å². The maximum Gasteiger partial charge on any atom is 0.253 e. The van der Waals surface area contributed by atoms with Crippen molar-refractivity contribution in [1.82, 2.24) is 5.32 Å². The number of para-hydroxylation sites is 1. The molecule has 0 fully saturated rings. The highest BCUT2D eigenvalue weighted by Crippen LogP contribution is 2.29. The SMILES string of the molecule is O=C(NCc1ccco1)c1ccccc1N(c1ccc(Cl)cc1)[SH](=O)=O. The summed E-state index contributed by atoms with van der Waals surface area (Å²) in [6.07, 6.45) is 1.51. The van der Waals surface area contributed by atoms with E-state index in [1.54, 1.807) is 60.7 Å². The van der Waals surface area contributed by atoms with Gasteiger partial charge in [-0.2, -0.15) is 0 Å². The molecule has 0 aliphatic heterocycles. The van der Waals surface area contributed by atoms with Gasteiger partial charge in [-0.05, 0) is 48.5 Å². The smallest absolute Gasteiger partial charge is 0.253 e. The zero-order chi connectivity index (χ0) is 18.5. The lowest BCUT2D eigenvalue weighted by Crippen LogP contribution is -2.26. The van der Waals surface area contributed by atoms with Gasteiger partial charge in [0.25, 0.3) is 5.91 Å². The van der Waals surface area contributed by atoms with Crippen LogP contribution in [-0.4, -0.2) is 14.3 Å². The predicted molar refractivity (Wildman–Crippen MR) is 100 cm³/mol. The van der Waals surface area contributed by atoms with E-state index in [0.29, 0.717) is 16.5 Å². The Bertz CT molecular complexity index is 961. The molecule has 3 rings (SSSR count). The first-order valence-electron chi connectivity index (χ1n) is 7.66. The first-order chi connectivity index (χ1) is 12.6. The average Bonchev–Trinajstić information content (AvgIpc) is 3.15. The number of benzene rings is 2. The molecule has 0 atom stereocenters. The van der Waals surface area contributed by atoms with E-state index in [2.05, 4.69) is 5.32 Å². The first-order valence-corrected chi connectivity index (χ1v) is 9.16. The number of anilines is 2. The normalized spacial score (nSPS) is 10.7. The summed E-state index contributed by atoms with van der Waals surface area (Å²) in [5, 5.41) is 3.20. The molecule has 8 heteroatoms. The second-order valence-electron chi connectivity index (χ2n) is 5.31. The molecule has 0 aliphatic carbocycles. The highest BCUT2D eigenvalue weighted by atomic mass is 35.5. The van der Waals surface area contributed by atoms with E-state index in [4.69, 9.17) is 16.0 Å². The van der Waals surface area contributed by atoms with Crippen molar-refractivity contribution in [3.8, 4) is 0 Å². The zero-order valence-corrected chi connectivity index (χ0v) is 15.1. The van der Waals surface area contributed by atoms with Gasteiger partial charge in [0.05, 0.1) is 29.7 Å². The minimum atomic E-state index is -3.02. The fourth-order valence-electron chi connectivity index (χ4n) is 2.43. The van der Waals surface area contributed by atoms with Gasteiger partial charge in [-0.15, -0.1) is 0 Å². The Hall–Kier alpha value is -2.77. The number of halogens is 1. The Labute approximate surface area is 157 Å². The van der Waals surface area contributed by atoms with Gasteiger partial charge in [0.15, 0.2) is 0 Å². The van der Waals surface area contributed by atoms with Gasteiger partial charge in [0.1, 0.15) is 5.76 Å². The molecule has 0 saturated carbocycles. The van der Waals surface area contributed by atoms with Gasteiger partial charge in [-0.3, -0.25) is 4.79 Å². The number of nitrogens with one attached hydrogen (secondary N) is 1. The lowest BCUT2D eigenvalue weighted by Gasteiger charge is -2.20. The molecule has 1 heterocycles. The monoisotopic (exact) mass is 390 g/mol. The second-order valence-corrected chi connectivity index (χ2v) is 6.62. The summed E-state index contributed by atoms with van der Waals surface area (Å²) >= 11 is 5.87. The fraction of sp³-hybridized carbons (Fsp3) is 0.0556. The van der Waals surface area contributed by atoms with Gasteiger partial charge >= 0.3 is 0 Å². The second kappa shape index (κ2) is 8.07. The molecule has 1 aromatic heterocycles.